The Morgan fingerprint density at radius 3 is 2.00 bits per heavy atom. The van der Waals surface area contributed by atoms with Crippen LogP contribution in [-0.4, -0.2) is 30.7 Å². The normalized spacial score (nSPS) is 11.9. The third-order valence-electron chi connectivity index (χ3n) is 6.41. The monoisotopic (exact) mass is 541 g/mol. The molecule has 3 aromatic carbocycles. The predicted octanol–water partition coefficient (Wildman–Crippen LogP) is 6.89. The van der Waals surface area contributed by atoms with E-state index in [1.54, 1.807) is 55.6 Å². The Kier molecular flexibility index (Phi) is 6.78. The summed E-state index contributed by atoms with van der Waals surface area (Å²) >= 11 is 0. The quantitative estimate of drug-likeness (QED) is 0.206. The summed E-state index contributed by atoms with van der Waals surface area (Å²) in [4.78, 5) is 5.02. The first-order chi connectivity index (χ1) is 18.5. The minimum atomic E-state index is -3.69. The summed E-state index contributed by atoms with van der Waals surface area (Å²) in [5, 5.41) is 14.8. The molecule has 0 amide bonds. The lowest BCUT2D eigenvalue weighted by Gasteiger charge is -2.14. The van der Waals surface area contributed by atoms with Gasteiger partial charge >= 0.3 is 0 Å². The fourth-order valence-corrected chi connectivity index (χ4v) is 5.47. The highest BCUT2D eigenvalue weighted by atomic mass is 32.2. The van der Waals surface area contributed by atoms with Crippen LogP contribution in [0.15, 0.2) is 88.7 Å². The highest BCUT2D eigenvalue weighted by molar-refractivity contribution is 7.91. The fraction of sp³-hybridized carbons (Fsp3) is 0.200. The number of aryl methyl sites for hydroxylation is 1. The van der Waals surface area contributed by atoms with Gasteiger partial charge in [-0.25, -0.2) is 8.42 Å². The summed E-state index contributed by atoms with van der Waals surface area (Å²) in [5.41, 5.74) is 5.05. The maximum absolute atomic E-state index is 13.3. The molecular formula is C30H31N5O3S. The zero-order chi connectivity index (χ0) is 27.8. The minimum absolute atomic E-state index is 0.0471. The van der Waals surface area contributed by atoms with Crippen molar-refractivity contribution in [2.24, 2.45) is 0 Å². The zero-order valence-electron chi connectivity index (χ0n) is 22.5. The topological polar surface area (TPSA) is 109 Å². The van der Waals surface area contributed by atoms with Crippen molar-refractivity contribution in [2.75, 3.05) is 17.7 Å². The molecule has 0 fully saturated rings. The van der Waals surface area contributed by atoms with E-state index in [0.29, 0.717) is 5.82 Å². The molecule has 8 nitrogen and oxygen atoms in total. The van der Waals surface area contributed by atoms with Gasteiger partial charge in [-0.15, -0.1) is 0 Å². The van der Waals surface area contributed by atoms with Gasteiger partial charge in [0.05, 0.1) is 22.4 Å². The van der Waals surface area contributed by atoms with Crippen LogP contribution in [0.4, 0.5) is 22.9 Å². The van der Waals surface area contributed by atoms with E-state index in [1.165, 1.54) is 0 Å². The number of rotatable bonds is 7. The molecule has 0 aliphatic heterocycles. The number of hydrogen-bond donors (Lipinski definition) is 3. The van der Waals surface area contributed by atoms with Gasteiger partial charge in [0.15, 0.2) is 5.82 Å². The van der Waals surface area contributed by atoms with Crippen LogP contribution in [0.25, 0.3) is 10.9 Å². The Hall–Kier alpha value is -4.37. The maximum atomic E-state index is 13.3. The Morgan fingerprint density at radius 2 is 1.44 bits per heavy atom. The number of anilines is 4. The Morgan fingerprint density at radius 1 is 0.821 bits per heavy atom. The number of nitrogens with zero attached hydrogens (tertiary/aromatic N) is 2. The number of H-pyrrole nitrogens is 1. The zero-order valence-corrected chi connectivity index (χ0v) is 23.3. The number of nitrogens with one attached hydrogen (secondary N) is 3. The average molecular weight is 542 g/mol. The molecule has 200 valence electrons. The number of methoxy groups -OCH3 is 1. The standard InChI is InChI=1S/C30H31N5O3S/c1-19-16-27(25-17-22(38-5)10-15-26(25)31-19)32-20-6-11-23(12-7-20)39(36,37)24-13-8-21(9-14-24)33-29-18-28(34-35-29)30(2,3)4/h6-18H,1-5H3,(H,31,32)(H2,33,34,35). The first-order valence-corrected chi connectivity index (χ1v) is 14.0. The van der Waals surface area contributed by atoms with Crippen LogP contribution >= 0.6 is 0 Å². The van der Waals surface area contributed by atoms with Crippen molar-refractivity contribution < 1.29 is 13.2 Å². The number of hydrogen-bond acceptors (Lipinski definition) is 7. The number of sulfone groups is 1. The van der Waals surface area contributed by atoms with E-state index < -0.39 is 9.84 Å². The van der Waals surface area contributed by atoms with E-state index in [4.69, 9.17) is 4.74 Å². The second-order valence-electron chi connectivity index (χ2n) is 10.4. The van der Waals surface area contributed by atoms with Crippen molar-refractivity contribution in [3.63, 3.8) is 0 Å². The number of pyridine rings is 1. The van der Waals surface area contributed by atoms with E-state index in [1.807, 2.05) is 37.3 Å². The number of fused-ring (bicyclic) bond motifs is 1. The first kappa shape index (κ1) is 26.2. The van der Waals surface area contributed by atoms with E-state index in [-0.39, 0.29) is 15.2 Å². The average Bonchev–Trinajstić information content (AvgIpc) is 3.38. The van der Waals surface area contributed by atoms with Crippen LogP contribution in [0.1, 0.15) is 32.2 Å². The smallest absolute Gasteiger partial charge is 0.206 e. The van der Waals surface area contributed by atoms with Crippen molar-refractivity contribution in [2.45, 2.75) is 42.9 Å². The van der Waals surface area contributed by atoms with Gasteiger partial charge in [0.2, 0.25) is 9.84 Å². The number of aromatic nitrogens is 3. The molecule has 0 atom stereocenters. The SMILES string of the molecule is COc1ccc2nc(C)cc(Nc3ccc(S(=O)(=O)c4ccc(Nc5cc(C(C)(C)C)[nH]n5)cc4)cc3)c2c1. The molecule has 2 heterocycles. The molecule has 9 heteroatoms. The maximum Gasteiger partial charge on any atom is 0.206 e. The summed E-state index contributed by atoms with van der Waals surface area (Å²) in [5.74, 6) is 1.41. The van der Waals surface area contributed by atoms with Gasteiger partial charge in [-0.3, -0.25) is 10.1 Å². The van der Waals surface area contributed by atoms with Gasteiger partial charge in [-0.2, -0.15) is 5.10 Å². The second-order valence-corrected chi connectivity index (χ2v) is 12.4. The van der Waals surface area contributed by atoms with Crippen molar-refractivity contribution in [3.05, 3.63) is 90.3 Å². The third kappa shape index (κ3) is 5.58. The lowest BCUT2D eigenvalue weighted by atomic mass is 9.92. The molecule has 5 rings (SSSR count). The molecule has 0 aliphatic carbocycles. The number of ether oxygens (including phenoxy) is 1. The largest absolute Gasteiger partial charge is 0.497 e. The summed E-state index contributed by atoms with van der Waals surface area (Å²) in [6.07, 6.45) is 0. The molecule has 39 heavy (non-hydrogen) atoms. The Balaban J connectivity index is 1.33. The number of aromatic amines is 1. The van der Waals surface area contributed by atoms with Crippen molar-refractivity contribution in [1.29, 1.82) is 0 Å². The van der Waals surface area contributed by atoms with Gasteiger partial charge in [0.1, 0.15) is 5.75 Å². The Labute approximate surface area is 228 Å². The molecule has 0 saturated carbocycles. The molecule has 2 aromatic heterocycles. The molecule has 0 aliphatic rings. The molecular weight excluding hydrogens is 510 g/mol. The van der Waals surface area contributed by atoms with Gasteiger partial charge in [-0.1, -0.05) is 20.8 Å². The van der Waals surface area contributed by atoms with Crippen molar-refractivity contribution in [1.82, 2.24) is 15.2 Å². The highest BCUT2D eigenvalue weighted by Crippen LogP contribution is 2.31. The lowest BCUT2D eigenvalue weighted by Crippen LogP contribution is -2.11. The lowest BCUT2D eigenvalue weighted by molar-refractivity contribution is 0.415. The molecule has 0 unspecified atom stereocenters. The molecule has 0 radical (unpaired) electrons. The van der Waals surface area contributed by atoms with E-state index in [2.05, 4.69) is 46.6 Å². The van der Waals surface area contributed by atoms with Gasteiger partial charge in [0.25, 0.3) is 0 Å². The van der Waals surface area contributed by atoms with Crippen LogP contribution in [0.5, 0.6) is 5.75 Å². The predicted molar refractivity (Wildman–Crippen MR) is 155 cm³/mol. The van der Waals surface area contributed by atoms with Gasteiger partial charge < -0.3 is 15.4 Å². The van der Waals surface area contributed by atoms with E-state index >= 15 is 0 Å². The molecule has 0 bridgehead atoms. The first-order valence-electron chi connectivity index (χ1n) is 12.5. The second kappa shape index (κ2) is 10.1. The van der Waals surface area contributed by atoms with Crippen LogP contribution in [-0.2, 0) is 15.3 Å². The molecule has 0 spiro atoms. The summed E-state index contributed by atoms with van der Waals surface area (Å²) < 4.78 is 32.0. The van der Waals surface area contributed by atoms with Crippen LogP contribution in [0.3, 0.4) is 0 Å². The summed E-state index contributed by atoms with van der Waals surface area (Å²) in [7, 11) is -2.06. The third-order valence-corrected chi connectivity index (χ3v) is 8.20. The van der Waals surface area contributed by atoms with E-state index in [0.717, 1.165) is 45.1 Å². The summed E-state index contributed by atoms with van der Waals surface area (Å²) in [6.45, 7) is 8.24. The fourth-order valence-electron chi connectivity index (χ4n) is 4.21. The van der Waals surface area contributed by atoms with Gasteiger partial charge in [0, 0.05) is 45.3 Å². The van der Waals surface area contributed by atoms with Crippen LogP contribution in [0, 0.1) is 6.92 Å². The minimum Gasteiger partial charge on any atom is -0.497 e. The Bertz CT molecular complexity index is 1740. The van der Waals surface area contributed by atoms with E-state index in [9.17, 15) is 8.42 Å². The summed E-state index contributed by atoms with van der Waals surface area (Å²) in [6, 6.07) is 23.0. The molecule has 3 N–H and O–H groups in total. The van der Waals surface area contributed by atoms with Crippen LogP contribution < -0.4 is 15.4 Å². The van der Waals surface area contributed by atoms with Crippen molar-refractivity contribution >= 4 is 43.6 Å². The molecule has 0 saturated heterocycles. The molecule has 5 aromatic rings. The number of benzene rings is 3. The van der Waals surface area contributed by atoms with Gasteiger partial charge in [-0.05, 0) is 79.7 Å². The van der Waals surface area contributed by atoms with Crippen molar-refractivity contribution in [3.8, 4) is 5.75 Å². The highest BCUT2D eigenvalue weighted by Gasteiger charge is 2.19. The van der Waals surface area contributed by atoms with Crippen LogP contribution in [0.2, 0.25) is 0 Å².